The number of hydrogen-bond acceptors (Lipinski definition) is 4. The van der Waals surface area contributed by atoms with Crippen molar-refractivity contribution in [2.45, 2.75) is 13.5 Å². The normalized spacial score (nSPS) is 10.7. The van der Waals surface area contributed by atoms with E-state index in [-0.39, 0.29) is 18.0 Å². The zero-order chi connectivity index (χ0) is 21.1. The maximum absolute atomic E-state index is 12.8. The minimum atomic E-state index is -0.368. The molecule has 1 N–H and O–H groups in total. The minimum Gasteiger partial charge on any atom is -0.454 e. The lowest BCUT2D eigenvalue weighted by atomic mass is 10.2. The molecule has 0 unspecified atom stereocenters. The third kappa shape index (κ3) is 4.04. The van der Waals surface area contributed by atoms with Gasteiger partial charge >= 0.3 is 0 Å². The van der Waals surface area contributed by atoms with Crippen LogP contribution in [0, 0.1) is 6.92 Å². The Kier molecular flexibility index (Phi) is 5.50. The summed E-state index contributed by atoms with van der Waals surface area (Å²) < 4.78 is 7.23. The summed E-state index contributed by atoms with van der Waals surface area (Å²) in [5, 5.41) is 3.74. The Morgan fingerprint density at radius 1 is 1.00 bits per heavy atom. The van der Waals surface area contributed by atoms with E-state index in [1.54, 1.807) is 67.6 Å². The highest BCUT2D eigenvalue weighted by atomic mass is 35.5. The molecule has 0 aliphatic carbocycles. The summed E-state index contributed by atoms with van der Waals surface area (Å²) in [7, 11) is 0. The van der Waals surface area contributed by atoms with Crippen LogP contribution in [-0.4, -0.2) is 15.5 Å². The first-order valence-electron chi connectivity index (χ1n) is 9.30. The highest BCUT2D eigenvalue weighted by Crippen LogP contribution is 2.33. The molecule has 0 aliphatic rings. The number of para-hydroxylation sites is 4. The number of carbonyl (C=O) groups is 1. The number of aromatic nitrogens is 2. The second kappa shape index (κ2) is 8.39. The van der Waals surface area contributed by atoms with Gasteiger partial charge in [-0.1, -0.05) is 48.0 Å². The summed E-state index contributed by atoms with van der Waals surface area (Å²) in [6.07, 6.45) is 0. The molecule has 1 amide bonds. The SMILES string of the molecule is Cc1nc2ccccc2c(=O)n1CC(=O)Nc1ccccc1Oc1ccccc1Cl. The van der Waals surface area contributed by atoms with Crippen molar-refractivity contribution in [3.63, 3.8) is 0 Å². The first-order valence-corrected chi connectivity index (χ1v) is 9.68. The van der Waals surface area contributed by atoms with E-state index in [1.165, 1.54) is 4.57 Å². The molecule has 0 saturated heterocycles. The van der Waals surface area contributed by atoms with Gasteiger partial charge in [-0.2, -0.15) is 0 Å². The zero-order valence-corrected chi connectivity index (χ0v) is 16.9. The topological polar surface area (TPSA) is 73.2 Å². The standard InChI is InChI=1S/C23H18ClN3O3/c1-15-25-18-10-4-2-8-16(18)23(29)27(15)14-22(28)26-19-11-5-7-13-21(19)30-20-12-6-3-9-17(20)24/h2-13H,14H2,1H3,(H,26,28). The molecule has 30 heavy (non-hydrogen) atoms. The van der Waals surface area contributed by atoms with Crippen LogP contribution in [0.4, 0.5) is 5.69 Å². The van der Waals surface area contributed by atoms with Gasteiger partial charge in [0.05, 0.1) is 21.6 Å². The van der Waals surface area contributed by atoms with E-state index in [0.29, 0.717) is 38.9 Å². The van der Waals surface area contributed by atoms with Gasteiger partial charge in [0.15, 0.2) is 5.75 Å². The van der Waals surface area contributed by atoms with E-state index in [4.69, 9.17) is 16.3 Å². The summed E-state index contributed by atoms with van der Waals surface area (Å²) >= 11 is 6.16. The monoisotopic (exact) mass is 419 g/mol. The molecule has 0 radical (unpaired) electrons. The summed E-state index contributed by atoms with van der Waals surface area (Å²) in [6, 6.07) is 21.2. The molecule has 0 bridgehead atoms. The van der Waals surface area contributed by atoms with Crippen molar-refractivity contribution in [2.24, 2.45) is 0 Å². The number of anilines is 1. The molecule has 6 nitrogen and oxygen atoms in total. The molecule has 0 fully saturated rings. The number of fused-ring (bicyclic) bond motifs is 1. The minimum absolute atomic E-state index is 0.164. The summed E-state index contributed by atoms with van der Waals surface area (Å²) in [5.41, 5.74) is 0.825. The first kappa shape index (κ1) is 19.7. The Morgan fingerprint density at radius 3 is 2.47 bits per heavy atom. The molecule has 7 heteroatoms. The number of amides is 1. The number of carbonyl (C=O) groups excluding carboxylic acids is 1. The molecule has 4 aromatic rings. The van der Waals surface area contributed by atoms with E-state index in [9.17, 15) is 9.59 Å². The Balaban J connectivity index is 1.58. The van der Waals surface area contributed by atoms with Crippen molar-refractivity contribution in [3.05, 3.63) is 94.0 Å². The van der Waals surface area contributed by atoms with Crippen molar-refractivity contribution < 1.29 is 9.53 Å². The number of benzene rings is 3. The van der Waals surface area contributed by atoms with Crippen LogP contribution in [0.2, 0.25) is 5.02 Å². The summed E-state index contributed by atoms with van der Waals surface area (Å²) in [6.45, 7) is 1.54. The molecule has 3 aromatic carbocycles. The molecule has 4 rings (SSSR count). The van der Waals surface area contributed by atoms with Crippen LogP contribution in [-0.2, 0) is 11.3 Å². The van der Waals surface area contributed by atoms with Crippen LogP contribution >= 0.6 is 11.6 Å². The maximum atomic E-state index is 12.8. The quantitative estimate of drug-likeness (QED) is 0.504. The van der Waals surface area contributed by atoms with E-state index < -0.39 is 0 Å². The number of rotatable bonds is 5. The average molecular weight is 420 g/mol. The van der Waals surface area contributed by atoms with E-state index >= 15 is 0 Å². The molecule has 0 spiro atoms. The molecule has 0 aliphatic heterocycles. The molecule has 1 heterocycles. The van der Waals surface area contributed by atoms with Gasteiger partial charge in [-0.25, -0.2) is 4.98 Å². The molecular formula is C23H18ClN3O3. The predicted octanol–water partition coefficient (Wildman–Crippen LogP) is 4.79. The lowest BCUT2D eigenvalue weighted by molar-refractivity contribution is -0.116. The van der Waals surface area contributed by atoms with Crippen LogP contribution < -0.4 is 15.6 Å². The highest BCUT2D eigenvalue weighted by molar-refractivity contribution is 6.32. The van der Waals surface area contributed by atoms with Crippen LogP contribution in [0.5, 0.6) is 11.5 Å². The van der Waals surface area contributed by atoms with Crippen molar-refractivity contribution in [1.82, 2.24) is 9.55 Å². The molecule has 150 valence electrons. The number of halogens is 1. The lowest BCUT2D eigenvalue weighted by Crippen LogP contribution is -2.30. The van der Waals surface area contributed by atoms with Crippen LogP contribution in [0.3, 0.4) is 0 Å². The summed E-state index contributed by atoms with van der Waals surface area (Å²) in [4.78, 5) is 29.9. The number of nitrogens with one attached hydrogen (secondary N) is 1. The van der Waals surface area contributed by atoms with Crippen molar-refractivity contribution in [1.29, 1.82) is 0 Å². The molecular weight excluding hydrogens is 402 g/mol. The zero-order valence-electron chi connectivity index (χ0n) is 16.1. The number of nitrogens with zero attached hydrogens (tertiary/aromatic N) is 2. The predicted molar refractivity (Wildman–Crippen MR) is 117 cm³/mol. The van der Waals surface area contributed by atoms with Crippen LogP contribution in [0.1, 0.15) is 5.82 Å². The van der Waals surface area contributed by atoms with Crippen LogP contribution in [0.25, 0.3) is 10.9 Å². The van der Waals surface area contributed by atoms with Gasteiger partial charge < -0.3 is 10.1 Å². The first-order chi connectivity index (χ1) is 14.5. The van der Waals surface area contributed by atoms with Crippen molar-refractivity contribution in [3.8, 4) is 11.5 Å². The van der Waals surface area contributed by atoms with Gasteiger partial charge in [0.1, 0.15) is 18.1 Å². The number of aryl methyl sites for hydroxylation is 1. The fourth-order valence-electron chi connectivity index (χ4n) is 3.10. The van der Waals surface area contributed by atoms with E-state index in [0.717, 1.165) is 0 Å². The third-order valence-corrected chi connectivity index (χ3v) is 4.88. The molecule has 0 saturated carbocycles. The van der Waals surface area contributed by atoms with E-state index in [2.05, 4.69) is 10.3 Å². The summed E-state index contributed by atoms with van der Waals surface area (Å²) in [5.74, 6) is 1.02. The Bertz CT molecular complexity index is 1300. The number of hydrogen-bond donors (Lipinski definition) is 1. The Morgan fingerprint density at radius 2 is 1.67 bits per heavy atom. The fraction of sp³-hybridized carbons (Fsp3) is 0.0870. The van der Waals surface area contributed by atoms with Gasteiger partial charge in [0.25, 0.3) is 5.56 Å². The average Bonchev–Trinajstić information content (AvgIpc) is 2.74. The third-order valence-electron chi connectivity index (χ3n) is 4.57. The fourth-order valence-corrected chi connectivity index (χ4v) is 3.28. The van der Waals surface area contributed by atoms with E-state index in [1.807, 2.05) is 12.1 Å². The maximum Gasteiger partial charge on any atom is 0.261 e. The van der Waals surface area contributed by atoms with Crippen molar-refractivity contribution in [2.75, 3.05) is 5.32 Å². The van der Waals surface area contributed by atoms with Crippen molar-refractivity contribution >= 4 is 34.1 Å². The highest BCUT2D eigenvalue weighted by Gasteiger charge is 2.14. The second-order valence-electron chi connectivity index (χ2n) is 6.64. The Hall–Kier alpha value is -3.64. The van der Waals surface area contributed by atoms with Crippen LogP contribution in [0.15, 0.2) is 77.6 Å². The smallest absolute Gasteiger partial charge is 0.261 e. The van der Waals surface area contributed by atoms with Gasteiger partial charge in [-0.3, -0.25) is 14.2 Å². The molecule has 1 aromatic heterocycles. The number of ether oxygens (including phenoxy) is 1. The Labute approximate surface area is 177 Å². The lowest BCUT2D eigenvalue weighted by Gasteiger charge is -2.14. The van der Waals surface area contributed by atoms with Gasteiger partial charge in [-0.05, 0) is 43.3 Å². The van der Waals surface area contributed by atoms with Gasteiger partial charge in [0, 0.05) is 0 Å². The van der Waals surface area contributed by atoms with Gasteiger partial charge in [-0.15, -0.1) is 0 Å². The van der Waals surface area contributed by atoms with Gasteiger partial charge in [0.2, 0.25) is 5.91 Å². The second-order valence-corrected chi connectivity index (χ2v) is 7.05. The largest absolute Gasteiger partial charge is 0.454 e. The molecule has 0 atom stereocenters.